The Kier molecular flexibility index (Phi) is 2.95. The Morgan fingerprint density at radius 2 is 1.74 bits per heavy atom. The van der Waals surface area contributed by atoms with E-state index in [-0.39, 0.29) is 5.91 Å². The van der Waals surface area contributed by atoms with Crippen molar-refractivity contribution in [2.75, 3.05) is 10.6 Å². The van der Waals surface area contributed by atoms with Crippen LogP contribution in [0.3, 0.4) is 0 Å². The average Bonchev–Trinajstić information content (AvgIpc) is 2.44. The van der Waals surface area contributed by atoms with Crippen molar-refractivity contribution >= 4 is 17.3 Å². The SMILES string of the molecule is Nc1ccccc1CN1C(=O)CCc2ccccc21. The van der Waals surface area contributed by atoms with Gasteiger partial charge in [0.05, 0.1) is 6.54 Å². The maximum absolute atomic E-state index is 12.2. The Balaban J connectivity index is 1.96. The van der Waals surface area contributed by atoms with Crippen molar-refractivity contribution in [3.63, 3.8) is 0 Å². The van der Waals surface area contributed by atoms with E-state index in [0.29, 0.717) is 13.0 Å². The molecule has 0 fully saturated rings. The Hall–Kier alpha value is -2.29. The summed E-state index contributed by atoms with van der Waals surface area (Å²) >= 11 is 0. The van der Waals surface area contributed by atoms with E-state index in [2.05, 4.69) is 6.07 Å². The van der Waals surface area contributed by atoms with Crippen molar-refractivity contribution < 1.29 is 4.79 Å². The summed E-state index contributed by atoms with van der Waals surface area (Å²) in [7, 11) is 0. The fourth-order valence-electron chi connectivity index (χ4n) is 2.52. The number of fused-ring (bicyclic) bond motifs is 1. The molecule has 1 aliphatic rings. The van der Waals surface area contributed by atoms with Gasteiger partial charge >= 0.3 is 0 Å². The first-order valence-corrected chi connectivity index (χ1v) is 6.47. The Bertz CT molecular complexity index is 622. The van der Waals surface area contributed by atoms with Crippen LogP contribution >= 0.6 is 0 Å². The molecular weight excluding hydrogens is 236 g/mol. The highest BCUT2D eigenvalue weighted by Gasteiger charge is 2.24. The third kappa shape index (κ3) is 2.19. The number of anilines is 2. The molecule has 0 aromatic heterocycles. The third-order valence-electron chi connectivity index (χ3n) is 3.58. The van der Waals surface area contributed by atoms with E-state index in [9.17, 15) is 4.79 Å². The first-order valence-electron chi connectivity index (χ1n) is 6.47. The lowest BCUT2D eigenvalue weighted by Gasteiger charge is -2.29. The first-order chi connectivity index (χ1) is 9.25. The van der Waals surface area contributed by atoms with Gasteiger partial charge in [-0.2, -0.15) is 0 Å². The number of hydrogen-bond donors (Lipinski definition) is 1. The maximum Gasteiger partial charge on any atom is 0.227 e. The zero-order valence-corrected chi connectivity index (χ0v) is 10.7. The molecule has 0 bridgehead atoms. The number of aryl methyl sites for hydroxylation is 1. The minimum atomic E-state index is 0.168. The topological polar surface area (TPSA) is 46.3 Å². The second-order valence-corrected chi connectivity index (χ2v) is 4.81. The molecule has 3 heteroatoms. The molecule has 96 valence electrons. The lowest BCUT2D eigenvalue weighted by molar-refractivity contribution is -0.119. The summed E-state index contributed by atoms with van der Waals surface area (Å²) < 4.78 is 0. The number of nitrogens with zero attached hydrogens (tertiary/aromatic N) is 1. The fourth-order valence-corrected chi connectivity index (χ4v) is 2.52. The van der Waals surface area contributed by atoms with Gasteiger partial charge in [-0.15, -0.1) is 0 Å². The van der Waals surface area contributed by atoms with Crippen LogP contribution < -0.4 is 10.6 Å². The predicted octanol–water partition coefficient (Wildman–Crippen LogP) is 2.75. The van der Waals surface area contributed by atoms with E-state index in [4.69, 9.17) is 5.73 Å². The van der Waals surface area contributed by atoms with Crippen molar-refractivity contribution in [1.82, 2.24) is 0 Å². The highest BCUT2D eigenvalue weighted by atomic mass is 16.2. The van der Waals surface area contributed by atoms with Gasteiger partial charge in [-0.25, -0.2) is 0 Å². The van der Waals surface area contributed by atoms with Crippen LogP contribution in [-0.4, -0.2) is 5.91 Å². The molecule has 1 amide bonds. The Morgan fingerprint density at radius 1 is 1.00 bits per heavy atom. The Morgan fingerprint density at radius 3 is 2.58 bits per heavy atom. The van der Waals surface area contributed by atoms with E-state index in [1.165, 1.54) is 5.56 Å². The number of nitrogens with two attached hydrogens (primary N) is 1. The van der Waals surface area contributed by atoms with Gasteiger partial charge in [-0.1, -0.05) is 36.4 Å². The van der Waals surface area contributed by atoms with Crippen LogP contribution in [-0.2, 0) is 17.8 Å². The van der Waals surface area contributed by atoms with Gasteiger partial charge in [0.25, 0.3) is 0 Å². The zero-order valence-electron chi connectivity index (χ0n) is 10.7. The molecule has 1 heterocycles. The molecule has 3 nitrogen and oxygen atoms in total. The highest BCUT2D eigenvalue weighted by molar-refractivity contribution is 5.96. The molecule has 0 unspecified atom stereocenters. The monoisotopic (exact) mass is 252 g/mol. The van der Waals surface area contributed by atoms with Crippen molar-refractivity contribution in [2.24, 2.45) is 0 Å². The minimum Gasteiger partial charge on any atom is -0.398 e. The number of nitrogen functional groups attached to an aromatic ring is 1. The lowest BCUT2D eigenvalue weighted by Crippen LogP contribution is -2.34. The number of para-hydroxylation sites is 2. The summed E-state index contributed by atoms with van der Waals surface area (Å²) in [5, 5.41) is 0. The molecule has 1 aliphatic heterocycles. The summed E-state index contributed by atoms with van der Waals surface area (Å²) in [6.07, 6.45) is 1.40. The smallest absolute Gasteiger partial charge is 0.227 e. The fraction of sp³-hybridized carbons (Fsp3) is 0.188. The molecule has 19 heavy (non-hydrogen) atoms. The van der Waals surface area contributed by atoms with Crippen LogP contribution in [0, 0.1) is 0 Å². The summed E-state index contributed by atoms with van der Waals surface area (Å²) in [5.74, 6) is 0.168. The van der Waals surface area contributed by atoms with Crippen LogP contribution in [0.25, 0.3) is 0 Å². The number of carbonyl (C=O) groups is 1. The Labute approximate surface area is 112 Å². The molecular formula is C16H16N2O. The molecule has 0 radical (unpaired) electrons. The van der Waals surface area contributed by atoms with Crippen molar-refractivity contribution in [3.8, 4) is 0 Å². The molecule has 0 aliphatic carbocycles. The van der Waals surface area contributed by atoms with Gasteiger partial charge in [0.1, 0.15) is 0 Å². The first kappa shape index (κ1) is 11.8. The van der Waals surface area contributed by atoms with Crippen LogP contribution in [0.2, 0.25) is 0 Å². The number of rotatable bonds is 2. The van der Waals surface area contributed by atoms with E-state index in [1.807, 2.05) is 47.4 Å². The number of benzene rings is 2. The second-order valence-electron chi connectivity index (χ2n) is 4.81. The van der Waals surface area contributed by atoms with E-state index >= 15 is 0 Å². The van der Waals surface area contributed by atoms with Crippen molar-refractivity contribution in [2.45, 2.75) is 19.4 Å². The van der Waals surface area contributed by atoms with Gasteiger partial charge in [0.2, 0.25) is 5.91 Å². The molecule has 2 N–H and O–H groups in total. The lowest BCUT2D eigenvalue weighted by atomic mass is 10.0. The molecule has 0 atom stereocenters. The summed E-state index contributed by atoms with van der Waals surface area (Å²) in [5.41, 5.74) is 9.94. The number of carbonyl (C=O) groups excluding carboxylic acids is 1. The second kappa shape index (κ2) is 4.76. The van der Waals surface area contributed by atoms with E-state index in [0.717, 1.165) is 23.4 Å². The summed E-state index contributed by atoms with van der Waals surface area (Å²) in [4.78, 5) is 14.0. The number of hydrogen-bond acceptors (Lipinski definition) is 2. The van der Waals surface area contributed by atoms with Crippen LogP contribution in [0.15, 0.2) is 48.5 Å². The molecule has 2 aromatic carbocycles. The van der Waals surface area contributed by atoms with E-state index in [1.54, 1.807) is 0 Å². The minimum absolute atomic E-state index is 0.168. The standard InChI is InChI=1S/C16H16N2O/c17-14-7-3-1-6-13(14)11-18-15-8-4-2-5-12(15)9-10-16(18)19/h1-8H,9-11,17H2. The number of amides is 1. The van der Waals surface area contributed by atoms with Crippen molar-refractivity contribution in [1.29, 1.82) is 0 Å². The highest BCUT2D eigenvalue weighted by Crippen LogP contribution is 2.29. The third-order valence-corrected chi connectivity index (χ3v) is 3.58. The van der Waals surface area contributed by atoms with E-state index < -0.39 is 0 Å². The van der Waals surface area contributed by atoms with Gasteiger partial charge in [-0.3, -0.25) is 4.79 Å². The van der Waals surface area contributed by atoms with Gasteiger partial charge in [0.15, 0.2) is 0 Å². The quantitative estimate of drug-likeness (QED) is 0.835. The van der Waals surface area contributed by atoms with Crippen LogP contribution in [0.4, 0.5) is 11.4 Å². The van der Waals surface area contributed by atoms with Crippen LogP contribution in [0.1, 0.15) is 17.5 Å². The van der Waals surface area contributed by atoms with Gasteiger partial charge < -0.3 is 10.6 Å². The average molecular weight is 252 g/mol. The summed E-state index contributed by atoms with van der Waals surface area (Å²) in [6.45, 7) is 0.544. The van der Waals surface area contributed by atoms with Gasteiger partial charge in [0, 0.05) is 17.8 Å². The molecule has 0 saturated carbocycles. The molecule has 3 rings (SSSR count). The van der Waals surface area contributed by atoms with Gasteiger partial charge in [-0.05, 0) is 29.7 Å². The molecule has 2 aromatic rings. The molecule has 0 saturated heterocycles. The maximum atomic E-state index is 12.2. The zero-order chi connectivity index (χ0) is 13.2. The van der Waals surface area contributed by atoms with Crippen molar-refractivity contribution in [3.05, 3.63) is 59.7 Å². The normalized spacial score (nSPS) is 14.3. The molecule has 0 spiro atoms. The van der Waals surface area contributed by atoms with Crippen LogP contribution in [0.5, 0.6) is 0 Å². The summed E-state index contributed by atoms with van der Waals surface area (Å²) in [6, 6.07) is 15.8. The predicted molar refractivity (Wildman–Crippen MR) is 76.8 cm³/mol. The largest absolute Gasteiger partial charge is 0.398 e.